The molecule has 102 valence electrons. The van der Waals surface area contributed by atoms with E-state index in [1.54, 1.807) is 31.2 Å². The van der Waals surface area contributed by atoms with Gasteiger partial charge in [-0.2, -0.15) is 0 Å². The van der Waals surface area contributed by atoms with Crippen LogP contribution in [0, 0.1) is 0 Å². The van der Waals surface area contributed by atoms with E-state index in [2.05, 4.69) is 28.2 Å². The molecule has 0 saturated heterocycles. The highest BCUT2D eigenvalue weighted by Crippen LogP contribution is 2.20. The van der Waals surface area contributed by atoms with Gasteiger partial charge in [0.2, 0.25) is 0 Å². The Balaban J connectivity index is 2.89. The van der Waals surface area contributed by atoms with Crippen molar-refractivity contribution in [3.05, 3.63) is 28.7 Å². The second-order valence-corrected chi connectivity index (χ2v) is 7.67. The van der Waals surface area contributed by atoms with Crippen molar-refractivity contribution in [2.45, 2.75) is 43.4 Å². The average Bonchev–Trinajstić information content (AvgIpc) is 2.35. The predicted octanol–water partition coefficient (Wildman–Crippen LogP) is 3.00. The molecule has 0 heterocycles. The molecule has 1 rings (SSSR count). The lowest BCUT2D eigenvalue weighted by Gasteiger charge is -2.21. The first-order valence-corrected chi connectivity index (χ1v) is 8.46. The van der Waals surface area contributed by atoms with Gasteiger partial charge in [0, 0.05) is 10.5 Å². The molecule has 0 fully saturated rings. The standard InChI is InChI=1S/C13H20BrNO2S/c1-4-9-15-10(2)11(3)18(16,17)13-7-5-12(14)6-8-13/h5-8,10-11,15H,4,9H2,1-3H3. The van der Waals surface area contributed by atoms with E-state index in [1.807, 2.05) is 6.92 Å². The van der Waals surface area contributed by atoms with Crippen LogP contribution in [0.4, 0.5) is 0 Å². The maximum Gasteiger partial charge on any atom is 0.182 e. The summed E-state index contributed by atoms with van der Waals surface area (Å²) in [5.74, 6) is 0. The lowest BCUT2D eigenvalue weighted by atomic mass is 10.2. The SMILES string of the molecule is CCCNC(C)C(C)S(=O)(=O)c1ccc(Br)cc1. The highest BCUT2D eigenvalue weighted by molar-refractivity contribution is 9.10. The zero-order chi connectivity index (χ0) is 13.8. The molecule has 0 aliphatic carbocycles. The van der Waals surface area contributed by atoms with E-state index >= 15 is 0 Å². The molecule has 0 aromatic heterocycles. The Morgan fingerprint density at radius 1 is 1.22 bits per heavy atom. The molecule has 18 heavy (non-hydrogen) atoms. The van der Waals surface area contributed by atoms with Gasteiger partial charge in [-0.3, -0.25) is 0 Å². The Labute approximate surface area is 118 Å². The number of hydrogen-bond acceptors (Lipinski definition) is 3. The molecular formula is C13H20BrNO2S. The molecule has 0 aliphatic rings. The Morgan fingerprint density at radius 3 is 2.28 bits per heavy atom. The maximum atomic E-state index is 12.4. The topological polar surface area (TPSA) is 46.2 Å². The molecule has 0 saturated carbocycles. The van der Waals surface area contributed by atoms with Crippen molar-refractivity contribution in [1.82, 2.24) is 5.32 Å². The van der Waals surface area contributed by atoms with E-state index in [9.17, 15) is 8.42 Å². The minimum atomic E-state index is -3.27. The van der Waals surface area contributed by atoms with Crippen molar-refractivity contribution < 1.29 is 8.42 Å². The van der Waals surface area contributed by atoms with E-state index in [-0.39, 0.29) is 6.04 Å². The summed E-state index contributed by atoms with van der Waals surface area (Å²) in [5.41, 5.74) is 0. The van der Waals surface area contributed by atoms with Gasteiger partial charge in [-0.05, 0) is 51.1 Å². The quantitative estimate of drug-likeness (QED) is 0.870. The van der Waals surface area contributed by atoms with Crippen molar-refractivity contribution in [2.24, 2.45) is 0 Å². The van der Waals surface area contributed by atoms with Gasteiger partial charge in [-0.1, -0.05) is 22.9 Å². The van der Waals surface area contributed by atoms with Crippen molar-refractivity contribution >= 4 is 25.8 Å². The number of benzene rings is 1. The second kappa shape index (κ2) is 6.68. The molecule has 0 spiro atoms. The van der Waals surface area contributed by atoms with Gasteiger partial charge in [-0.25, -0.2) is 8.42 Å². The molecule has 0 bridgehead atoms. The molecule has 0 radical (unpaired) electrons. The van der Waals surface area contributed by atoms with Gasteiger partial charge in [-0.15, -0.1) is 0 Å². The first-order valence-electron chi connectivity index (χ1n) is 6.12. The summed E-state index contributed by atoms with van der Waals surface area (Å²) >= 11 is 3.31. The summed E-state index contributed by atoms with van der Waals surface area (Å²) < 4.78 is 25.7. The minimum absolute atomic E-state index is 0.0569. The largest absolute Gasteiger partial charge is 0.313 e. The van der Waals surface area contributed by atoms with Crippen molar-refractivity contribution in [2.75, 3.05) is 6.54 Å². The van der Waals surface area contributed by atoms with Crippen LogP contribution in [0.15, 0.2) is 33.6 Å². The number of rotatable bonds is 6. The van der Waals surface area contributed by atoms with Crippen molar-refractivity contribution in [3.63, 3.8) is 0 Å². The molecule has 1 N–H and O–H groups in total. The van der Waals surface area contributed by atoms with Gasteiger partial charge in [0.05, 0.1) is 10.1 Å². The molecule has 5 heteroatoms. The van der Waals surface area contributed by atoms with Crippen LogP contribution in [0.3, 0.4) is 0 Å². The second-order valence-electron chi connectivity index (χ2n) is 4.45. The van der Waals surface area contributed by atoms with Gasteiger partial charge < -0.3 is 5.32 Å². The smallest absolute Gasteiger partial charge is 0.182 e. The number of hydrogen-bond donors (Lipinski definition) is 1. The van der Waals surface area contributed by atoms with Gasteiger partial charge in [0.25, 0.3) is 0 Å². The highest BCUT2D eigenvalue weighted by Gasteiger charge is 2.27. The van der Waals surface area contributed by atoms with E-state index < -0.39 is 15.1 Å². The minimum Gasteiger partial charge on any atom is -0.313 e. The summed E-state index contributed by atoms with van der Waals surface area (Å²) in [5, 5.41) is 2.79. The molecule has 0 aliphatic heterocycles. The summed E-state index contributed by atoms with van der Waals surface area (Å²) in [6, 6.07) is 6.73. The summed E-state index contributed by atoms with van der Waals surface area (Å²) in [4.78, 5) is 0.378. The number of halogens is 1. The molecular weight excluding hydrogens is 314 g/mol. The fourth-order valence-corrected chi connectivity index (χ4v) is 3.49. The summed E-state index contributed by atoms with van der Waals surface area (Å²) in [6.45, 7) is 6.57. The van der Waals surface area contributed by atoms with Crippen LogP contribution in [0.5, 0.6) is 0 Å². The van der Waals surface area contributed by atoms with Crippen LogP contribution < -0.4 is 5.32 Å². The van der Waals surface area contributed by atoms with Crippen molar-refractivity contribution in [3.8, 4) is 0 Å². The third-order valence-corrected chi connectivity index (χ3v) is 5.90. The van der Waals surface area contributed by atoms with Crippen LogP contribution in [-0.4, -0.2) is 26.3 Å². The number of sulfone groups is 1. The van der Waals surface area contributed by atoms with Gasteiger partial charge >= 0.3 is 0 Å². The van der Waals surface area contributed by atoms with E-state index in [0.717, 1.165) is 17.4 Å². The fraction of sp³-hybridized carbons (Fsp3) is 0.538. The third-order valence-electron chi connectivity index (χ3n) is 3.05. The zero-order valence-electron chi connectivity index (χ0n) is 11.0. The van der Waals surface area contributed by atoms with Crippen LogP contribution in [0.1, 0.15) is 27.2 Å². The summed E-state index contributed by atoms with van der Waals surface area (Å²) in [6.07, 6.45) is 0.995. The Hall–Kier alpha value is -0.390. The van der Waals surface area contributed by atoms with Crippen LogP contribution in [0.25, 0.3) is 0 Å². The van der Waals surface area contributed by atoms with Gasteiger partial charge in [0.1, 0.15) is 0 Å². The van der Waals surface area contributed by atoms with Crippen LogP contribution >= 0.6 is 15.9 Å². The first-order chi connectivity index (χ1) is 8.39. The van der Waals surface area contributed by atoms with E-state index in [0.29, 0.717) is 4.90 Å². The fourth-order valence-electron chi connectivity index (χ4n) is 1.65. The van der Waals surface area contributed by atoms with Crippen LogP contribution in [0.2, 0.25) is 0 Å². The summed E-state index contributed by atoms with van der Waals surface area (Å²) in [7, 11) is -3.27. The van der Waals surface area contributed by atoms with Crippen molar-refractivity contribution in [1.29, 1.82) is 0 Å². The van der Waals surface area contributed by atoms with Gasteiger partial charge in [0.15, 0.2) is 9.84 Å². The highest BCUT2D eigenvalue weighted by atomic mass is 79.9. The molecule has 1 aromatic carbocycles. The normalized spacial score (nSPS) is 15.3. The molecule has 2 unspecified atom stereocenters. The Bertz CT molecular complexity index is 470. The lowest BCUT2D eigenvalue weighted by Crippen LogP contribution is -2.40. The number of nitrogens with one attached hydrogen (secondary N) is 1. The molecule has 1 aromatic rings. The maximum absolute atomic E-state index is 12.4. The third kappa shape index (κ3) is 3.80. The van der Waals surface area contributed by atoms with E-state index in [1.165, 1.54) is 0 Å². The monoisotopic (exact) mass is 333 g/mol. The Kier molecular flexibility index (Phi) is 5.82. The zero-order valence-corrected chi connectivity index (χ0v) is 13.4. The molecule has 2 atom stereocenters. The average molecular weight is 334 g/mol. The first kappa shape index (κ1) is 15.7. The lowest BCUT2D eigenvalue weighted by molar-refractivity contribution is 0.509. The molecule has 0 amide bonds. The van der Waals surface area contributed by atoms with Crippen LogP contribution in [-0.2, 0) is 9.84 Å². The Morgan fingerprint density at radius 2 is 1.78 bits per heavy atom. The molecule has 3 nitrogen and oxygen atoms in total. The predicted molar refractivity (Wildman–Crippen MR) is 78.5 cm³/mol. The van der Waals surface area contributed by atoms with E-state index in [4.69, 9.17) is 0 Å².